The van der Waals surface area contributed by atoms with Crippen LogP contribution >= 0.6 is 0 Å². The lowest BCUT2D eigenvalue weighted by Gasteiger charge is -2.37. The predicted molar refractivity (Wildman–Crippen MR) is 156 cm³/mol. The van der Waals surface area contributed by atoms with Crippen molar-refractivity contribution in [1.82, 2.24) is 29.0 Å². The van der Waals surface area contributed by atoms with E-state index in [1.54, 1.807) is 39.4 Å². The highest BCUT2D eigenvalue weighted by molar-refractivity contribution is 7.89. The highest BCUT2D eigenvalue weighted by Crippen LogP contribution is 2.29. The minimum absolute atomic E-state index is 0.0831. The molecule has 40 heavy (non-hydrogen) atoms. The molecule has 1 atom stereocenters. The second kappa shape index (κ2) is 10.8. The molecular formula is C30H31N7O2S. The van der Waals surface area contributed by atoms with Crippen molar-refractivity contribution in [1.29, 1.82) is 0 Å². The van der Waals surface area contributed by atoms with E-state index in [-0.39, 0.29) is 10.9 Å². The molecule has 0 unspecified atom stereocenters. The molecule has 1 aliphatic rings. The van der Waals surface area contributed by atoms with E-state index in [9.17, 15) is 8.42 Å². The number of aryl methyl sites for hydroxylation is 1. The van der Waals surface area contributed by atoms with Gasteiger partial charge in [-0.3, -0.25) is 4.90 Å². The van der Waals surface area contributed by atoms with Crippen LogP contribution in [0.3, 0.4) is 0 Å². The number of sulfonamides is 1. The van der Waals surface area contributed by atoms with Gasteiger partial charge in [0.25, 0.3) is 0 Å². The molecule has 0 spiro atoms. The third-order valence-corrected chi connectivity index (χ3v) is 9.37. The van der Waals surface area contributed by atoms with Gasteiger partial charge < -0.3 is 5.32 Å². The highest BCUT2D eigenvalue weighted by Gasteiger charge is 2.31. The summed E-state index contributed by atoms with van der Waals surface area (Å²) in [5.74, 6) is 1.47. The topological polar surface area (TPSA) is 96.2 Å². The zero-order chi connectivity index (χ0) is 27.7. The SMILES string of the molecule is Cc1ccccc1Nc1nc([C@H](C)N2CCN(S(=O)(=O)c3ccc(-n4cccn4)cc3)CC2)nc2ccccc12. The first-order valence-corrected chi connectivity index (χ1v) is 14.8. The summed E-state index contributed by atoms with van der Waals surface area (Å²) in [5, 5.41) is 8.67. The van der Waals surface area contributed by atoms with Gasteiger partial charge in [-0.15, -0.1) is 0 Å². The van der Waals surface area contributed by atoms with Crippen LogP contribution in [0.15, 0.2) is 96.2 Å². The molecule has 0 radical (unpaired) electrons. The lowest BCUT2D eigenvalue weighted by Crippen LogP contribution is -2.49. The zero-order valence-corrected chi connectivity index (χ0v) is 23.3. The van der Waals surface area contributed by atoms with E-state index < -0.39 is 10.0 Å². The fraction of sp³-hybridized carbons (Fsp3) is 0.233. The average Bonchev–Trinajstić information content (AvgIpc) is 3.53. The van der Waals surface area contributed by atoms with E-state index in [0.717, 1.165) is 33.7 Å². The van der Waals surface area contributed by atoms with Crippen LogP contribution < -0.4 is 5.32 Å². The van der Waals surface area contributed by atoms with Crippen LogP contribution in [0.5, 0.6) is 0 Å². The standard InChI is InChI=1S/C30H31N7O2S/c1-22-8-3-5-10-27(22)32-30-26-9-4-6-11-28(26)33-29(34-30)23(2)35-18-20-36(21-19-35)40(38,39)25-14-12-24(13-15-25)37-17-7-16-31-37/h3-17,23H,18-21H2,1-2H3,(H,32,33,34)/t23-/m0/s1. The lowest BCUT2D eigenvalue weighted by molar-refractivity contribution is 0.141. The van der Waals surface area contributed by atoms with Gasteiger partial charge in [0.05, 0.1) is 22.1 Å². The number of benzene rings is 3. The molecule has 3 aromatic carbocycles. The Bertz CT molecular complexity index is 1730. The second-order valence-electron chi connectivity index (χ2n) is 9.95. The number of para-hydroxylation sites is 2. The van der Waals surface area contributed by atoms with Crippen LogP contribution in [0.25, 0.3) is 16.6 Å². The summed E-state index contributed by atoms with van der Waals surface area (Å²) < 4.78 is 30.0. The number of hydrogen-bond acceptors (Lipinski definition) is 7. The van der Waals surface area contributed by atoms with Gasteiger partial charge in [0.1, 0.15) is 11.6 Å². The van der Waals surface area contributed by atoms with Crippen LogP contribution in [0.4, 0.5) is 11.5 Å². The summed E-state index contributed by atoms with van der Waals surface area (Å²) >= 11 is 0. The van der Waals surface area contributed by atoms with Gasteiger partial charge in [0.2, 0.25) is 10.0 Å². The molecule has 1 fully saturated rings. The summed E-state index contributed by atoms with van der Waals surface area (Å²) in [5.41, 5.74) is 3.82. The van der Waals surface area contributed by atoms with Crippen molar-refractivity contribution >= 4 is 32.4 Å². The smallest absolute Gasteiger partial charge is 0.243 e. The van der Waals surface area contributed by atoms with Gasteiger partial charge in [-0.05, 0) is 67.9 Å². The summed E-state index contributed by atoms with van der Waals surface area (Å²) in [7, 11) is -3.60. The Morgan fingerprint density at radius 2 is 1.57 bits per heavy atom. The van der Waals surface area contributed by atoms with Crippen molar-refractivity contribution in [3.63, 3.8) is 0 Å². The molecule has 1 N–H and O–H groups in total. The maximum atomic E-state index is 13.4. The molecule has 1 saturated heterocycles. The minimum Gasteiger partial charge on any atom is -0.339 e. The molecule has 0 aliphatic carbocycles. The molecule has 1 aliphatic heterocycles. The van der Waals surface area contributed by atoms with Gasteiger partial charge >= 0.3 is 0 Å². The summed E-state index contributed by atoms with van der Waals surface area (Å²) in [6, 6.07) is 24.7. The Morgan fingerprint density at radius 3 is 2.30 bits per heavy atom. The molecule has 5 aromatic rings. The zero-order valence-electron chi connectivity index (χ0n) is 22.5. The molecule has 0 amide bonds. The molecule has 0 saturated carbocycles. The number of hydrogen-bond donors (Lipinski definition) is 1. The Labute approximate surface area is 234 Å². The van der Waals surface area contributed by atoms with Crippen LogP contribution in [0.1, 0.15) is 24.4 Å². The van der Waals surface area contributed by atoms with Crippen LogP contribution in [0, 0.1) is 6.92 Å². The molecule has 3 heterocycles. The largest absolute Gasteiger partial charge is 0.339 e. The van der Waals surface area contributed by atoms with Crippen molar-refractivity contribution < 1.29 is 8.42 Å². The second-order valence-corrected chi connectivity index (χ2v) is 11.9. The molecular weight excluding hydrogens is 522 g/mol. The molecule has 204 valence electrons. The molecule has 9 nitrogen and oxygen atoms in total. The van der Waals surface area contributed by atoms with Gasteiger partial charge in [0, 0.05) is 49.6 Å². The Hall–Kier alpha value is -4.12. The number of anilines is 2. The van der Waals surface area contributed by atoms with Crippen molar-refractivity contribution in [3.8, 4) is 5.69 Å². The van der Waals surface area contributed by atoms with Crippen LogP contribution in [-0.4, -0.2) is 63.6 Å². The van der Waals surface area contributed by atoms with E-state index in [1.807, 2.05) is 54.7 Å². The van der Waals surface area contributed by atoms with E-state index in [2.05, 4.69) is 35.2 Å². The number of fused-ring (bicyclic) bond motifs is 1. The monoisotopic (exact) mass is 553 g/mol. The van der Waals surface area contributed by atoms with E-state index in [0.29, 0.717) is 32.0 Å². The Balaban J connectivity index is 1.19. The van der Waals surface area contributed by atoms with Gasteiger partial charge in [-0.1, -0.05) is 30.3 Å². The number of piperazine rings is 1. The van der Waals surface area contributed by atoms with Crippen molar-refractivity contribution in [2.24, 2.45) is 0 Å². The number of aromatic nitrogens is 4. The van der Waals surface area contributed by atoms with Gasteiger partial charge in [-0.2, -0.15) is 9.40 Å². The quantitative estimate of drug-likeness (QED) is 0.305. The first-order chi connectivity index (χ1) is 19.4. The molecule has 6 rings (SSSR count). The normalized spacial score (nSPS) is 15.8. The molecule has 2 aromatic heterocycles. The fourth-order valence-corrected chi connectivity index (χ4v) is 6.48. The van der Waals surface area contributed by atoms with Crippen LogP contribution in [0.2, 0.25) is 0 Å². The fourth-order valence-electron chi connectivity index (χ4n) is 5.05. The van der Waals surface area contributed by atoms with E-state index in [1.165, 1.54) is 0 Å². The van der Waals surface area contributed by atoms with Crippen molar-refractivity contribution in [2.75, 3.05) is 31.5 Å². The Kier molecular flexibility index (Phi) is 7.05. The predicted octanol–water partition coefficient (Wildman–Crippen LogP) is 4.94. The maximum Gasteiger partial charge on any atom is 0.243 e. The first kappa shape index (κ1) is 26.1. The third-order valence-electron chi connectivity index (χ3n) is 7.46. The minimum atomic E-state index is -3.60. The van der Waals surface area contributed by atoms with Crippen molar-refractivity contribution in [2.45, 2.75) is 24.8 Å². The highest BCUT2D eigenvalue weighted by atomic mass is 32.2. The van der Waals surface area contributed by atoms with Gasteiger partial charge in [0.15, 0.2) is 0 Å². The summed E-state index contributed by atoms with van der Waals surface area (Å²) in [6.45, 7) is 6.12. The lowest BCUT2D eigenvalue weighted by atomic mass is 10.1. The third kappa shape index (κ3) is 5.08. The molecule has 10 heteroatoms. The number of nitrogens with zero attached hydrogens (tertiary/aromatic N) is 6. The first-order valence-electron chi connectivity index (χ1n) is 13.3. The molecule has 0 bridgehead atoms. The number of rotatable bonds is 7. The van der Waals surface area contributed by atoms with E-state index >= 15 is 0 Å². The summed E-state index contributed by atoms with van der Waals surface area (Å²) in [6.07, 6.45) is 3.51. The average molecular weight is 554 g/mol. The van der Waals surface area contributed by atoms with Gasteiger partial charge in [-0.25, -0.2) is 23.1 Å². The Morgan fingerprint density at radius 1 is 0.850 bits per heavy atom. The van der Waals surface area contributed by atoms with E-state index in [4.69, 9.17) is 9.97 Å². The maximum absolute atomic E-state index is 13.4. The van der Waals surface area contributed by atoms with Crippen LogP contribution in [-0.2, 0) is 10.0 Å². The van der Waals surface area contributed by atoms with Crippen molar-refractivity contribution in [3.05, 3.63) is 103 Å². The number of nitrogens with one attached hydrogen (secondary N) is 1. The summed E-state index contributed by atoms with van der Waals surface area (Å²) in [4.78, 5) is 12.4.